The molecule has 2 aromatic carbocycles. The number of halogens is 1. The molecule has 5 heteroatoms. The molecular weight excluding hydrogens is 365 g/mol. The number of hydrogen-bond donors (Lipinski definition) is 0. The molecule has 150 valence electrons. The van der Waals surface area contributed by atoms with Crippen molar-refractivity contribution in [1.82, 2.24) is 14.7 Å². The number of hydrogen-bond acceptors (Lipinski definition) is 2. The van der Waals surface area contributed by atoms with Crippen LogP contribution in [-0.2, 0) is 13.0 Å². The van der Waals surface area contributed by atoms with Crippen LogP contribution in [0.5, 0.6) is 0 Å². The first kappa shape index (κ1) is 19.4. The molecule has 29 heavy (non-hydrogen) atoms. The number of carbonyl (C=O) groups excluding carboxylic acids is 1. The fourth-order valence-electron chi connectivity index (χ4n) is 4.07. The Hall–Kier alpha value is -2.95. The summed E-state index contributed by atoms with van der Waals surface area (Å²) in [6.45, 7) is 1.35. The van der Waals surface area contributed by atoms with Crippen molar-refractivity contribution in [3.63, 3.8) is 0 Å². The maximum Gasteiger partial charge on any atom is 0.254 e. The van der Waals surface area contributed by atoms with E-state index in [4.69, 9.17) is 0 Å². The lowest BCUT2D eigenvalue weighted by molar-refractivity contribution is 0.0684. The van der Waals surface area contributed by atoms with Crippen LogP contribution in [0.3, 0.4) is 0 Å². The summed E-state index contributed by atoms with van der Waals surface area (Å²) in [6.07, 6.45) is 8.90. The van der Waals surface area contributed by atoms with Crippen LogP contribution in [0.4, 0.5) is 4.39 Å². The van der Waals surface area contributed by atoms with E-state index in [1.54, 1.807) is 18.3 Å². The average Bonchev–Trinajstić information content (AvgIpc) is 3.44. The first-order valence-electron chi connectivity index (χ1n) is 10.3. The molecule has 1 aliphatic rings. The quantitative estimate of drug-likeness (QED) is 0.586. The molecule has 3 aromatic rings. The van der Waals surface area contributed by atoms with Crippen LogP contribution in [0, 0.1) is 5.82 Å². The maximum atomic E-state index is 13.3. The van der Waals surface area contributed by atoms with Crippen molar-refractivity contribution in [3.8, 4) is 0 Å². The molecule has 1 fully saturated rings. The van der Waals surface area contributed by atoms with E-state index in [0.29, 0.717) is 19.1 Å². The number of rotatable bonds is 7. The first-order valence-corrected chi connectivity index (χ1v) is 10.3. The number of carbonyl (C=O) groups is 1. The highest BCUT2D eigenvalue weighted by Gasteiger charge is 2.27. The van der Waals surface area contributed by atoms with E-state index in [1.807, 2.05) is 46.1 Å². The lowest BCUT2D eigenvalue weighted by atomic mass is 10.1. The van der Waals surface area contributed by atoms with Gasteiger partial charge in [0.1, 0.15) is 5.82 Å². The molecule has 1 amide bonds. The van der Waals surface area contributed by atoms with Crippen molar-refractivity contribution in [2.75, 3.05) is 6.54 Å². The van der Waals surface area contributed by atoms with Crippen LogP contribution in [0.25, 0.3) is 0 Å². The van der Waals surface area contributed by atoms with Gasteiger partial charge >= 0.3 is 0 Å². The monoisotopic (exact) mass is 391 g/mol. The Bertz CT molecular complexity index is 914. The SMILES string of the molecule is O=C(c1ccc(Cn2cccn2)cc1)N(CCc1ccc(F)cc1)C1CCCC1. The second-order valence-electron chi connectivity index (χ2n) is 7.71. The van der Waals surface area contributed by atoms with Gasteiger partial charge in [-0.05, 0) is 60.7 Å². The molecule has 0 bridgehead atoms. The van der Waals surface area contributed by atoms with E-state index in [1.165, 1.54) is 25.0 Å². The van der Waals surface area contributed by atoms with E-state index in [-0.39, 0.29) is 11.7 Å². The molecule has 1 saturated carbocycles. The van der Waals surface area contributed by atoms with Crippen molar-refractivity contribution in [2.24, 2.45) is 0 Å². The fourth-order valence-corrected chi connectivity index (χ4v) is 4.07. The molecule has 0 atom stereocenters. The van der Waals surface area contributed by atoms with Crippen LogP contribution in [-0.4, -0.2) is 33.2 Å². The zero-order valence-corrected chi connectivity index (χ0v) is 16.5. The second kappa shape index (κ2) is 9.03. The minimum absolute atomic E-state index is 0.0876. The minimum atomic E-state index is -0.229. The summed E-state index contributed by atoms with van der Waals surface area (Å²) in [5.41, 5.74) is 2.89. The predicted molar refractivity (Wildman–Crippen MR) is 111 cm³/mol. The van der Waals surface area contributed by atoms with Gasteiger partial charge in [0.2, 0.25) is 0 Å². The summed E-state index contributed by atoms with van der Waals surface area (Å²) in [6, 6.07) is 16.6. The summed E-state index contributed by atoms with van der Waals surface area (Å²) >= 11 is 0. The normalized spacial score (nSPS) is 14.2. The molecule has 0 saturated heterocycles. The number of nitrogens with zero attached hydrogens (tertiary/aromatic N) is 3. The van der Waals surface area contributed by atoms with Gasteiger partial charge in [-0.25, -0.2) is 4.39 Å². The third kappa shape index (κ3) is 4.91. The largest absolute Gasteiger partial charge is 0.335 e. The third-order valence-electron chi connectivity index (χ3n) is 5.69. The Balaban J connectivity index is 1.46. The number of aromatic nitrogens is 2. The molecule has 4 rings (SSSR count). The van der Waals surface area contributed by atoms with Crippen LogP contribution in [0.1, 0.15) is 47.2 Å². The van der Waals surface area contributed by atoms with Crippen LogP contribution >= 0.6 is 0 Å². The Morgan fingerprint density at radius 1 is 1.03 bits per heavy atom. The summed E-state index contributed by atoms with van der Waals surface area (Å²) in [7, 11) is 0. The molecule has 1 heterocycles. The molecule has 4 nitrogen and oxygen atoms in total. The summed E-state index contributed by atoms with van der Waals surface area (Å²) in [5, 5.41) is 4.23. The lowest BCUT2D eigenvalue weighted by Crippen LogP contribution is -2.40. The highest BCUT2D eigenvalue weighted by atomic mass is 19.1. The van der Waals surface area contributed by atoms with Crippen molar-refractivity contribution in [2.45, 2.75) is 44.7 Å². The highest BCUT2D eigenvalue weighted by molar-refractivity contribution is 5.94. The van der Waals surface area contributed by atoms with E-state index in [9.17, 15) is 9.18 Å². The number of amides is 1. The van der Waals surface area contributed by atoms with Gasteiger partial charge in [-0.2, -0.15) is 5.10 Å². The molecule has 1 aromatic heterocycles. The van der Waals surface area contributed by atoms with Crippen LogP contribution in [0.15, 0.2) is 67.0 Å². The second-order valence-corrected chi connectivity index (χ2v) is 7.71. The van der Waals surface area contributed by atoms with E-state index >= 15 is 0 Å². The Morgan fingerprint density at radius 3 is 2.38 bits per heavy atom. The predicted octanol–water partition coefficient (Wildman–Crippen LogP) is 4.70. The standard InChI is InChI=1S/C24H26FN3O/c25-22-12-8-19(9-13-22)14-17-28(23-4-1-2-5-23)24(29)21-10-6-20(7-11-21)18-27-16-3-15-26-27/h3,6-13,15-16,23H,1-2,4-5,14,17-18H2. The van der Waals surface area contributed by atoms with Gasteiger partial charge < -0.3 is 4.90 Å². The van der Waals surface area contributed by atoms with Gasteiger partial charge in [-0.15, -0.1) is 0 Å². The lowest BCUT2D eigenvalue weighted by Gasteiger charge is -2.29. The molecular formula is C24H26FN3O. The smallest absolute Gasteiger partial charge is 0.254 e. The zero-order valence-electron chi connectivity index (χ0n) is 16.5. The fraction of sp³-hybridized carbons (Fsp3) is 0.333. The molecule has 0 unspecified atom stereocenters. The Labute approximate surface area is 171 Å². The molecule has 1 aliphatic carbocycles. The van der Waals surface area contributed by atoms with Crippen molar-refractivity contribution < 1.29 is 9.18 Å². The number of benzene rings is 2. The molecule has 0 N–H and O–H groups in total. The summed E-state index contributed by atoms with van der Waals surface area (Å²) in [5.74, 6) is -0.141. The maximum absolute atomic E-state index is 13.3. The van der Waals surface area contributed by atoms with E-state index < -0.39 is 0 Å². The van der Waals surface area contributed by atoms with Gasteiger partial charge in [0.15, 0.2) is 0 Å². The van der Waals surface area contributed by atoms with Crippen molar-refractivity contribution >= 4 is 5.91 Å². The average molecular weight is 391 g/mol. The van der Waals surface area contributed by atoms with Gasteiger partial charge in [0, 0.05) is 30.5 Å². The van der Waals surface area contributed by atoms with Crippen LogP contribution < -0.4 is 0 Å². The minimum Gasteiger partial charge on any atom is -0.335 e. The topological polar surface area (TPSA) is 38.1 Å². The van der Waals surface area contributed by atoms with Gasteiger partial charge in [0.05, 0.1) is 6.54 Å². The van der Waals surface area contributed by atoms with Crippen molar-refractivity contribution in [1.29, 1.82) is 0 Å². The first-order chi connectivity index (χ1) is 14.2. The summed E-state index contributed by atoms with van der Waals surface area (Å²) in [4.78, 5) is 15.3. The Morgan fingerprint density at radius 2 is 1.72 bits per heavy atom. The molecule has 0 spiro atoms. The van der Waals surface area contributed by atoms with Crippen molar-refractivity contribution in [3.05, 3.63) is 89.5 Å². The van der Waals surface area contributed by atoms with Crippen LogP contribution in [0.2, 0.25) is 0 Å². The van der Waals surface area contributed by atoms with Gasteiger partial charge in [-0.1, -0.05) is 37.1 Å². The third-order valence-corrected chi connectivity index (χ3v) is 5.69. The molecule has 0 radical (unpaired) electrons. The van der Waals surface area contributed by atoms with Gasteiger partial charge in [0.25, 0.3) is 5.91 Å². The van der Waals surface area contributed by atoms with E-state index in [0.717, 1.165) is 36.0 Å². The Kier molecular flexibility index (Phi) is 6.03. The zero-order chi connectivity index (χ0) is 20.1. The van der Waals surface area contributed by atoms with Gasteiger partial charge in [-0.3, -0.25) is 9.48 Å². The van der Waals surface area contributed by atoms with E-state index in [2.05, 4.69) is 5.10 Å². The highest BCUT2D eigenvalue weighted by Crippen LogP contribution is 2.25. The molecule has 0 aliphatic heterocycles. The summed E-state index contributed by atoms with van der Waals surface area (Å²) < 4.78 is 15.0.